The van der Waals surface area contributed by atoms with Crippen LogP contribution in [0.4, 0.5) is 4.39 Å². The first kappa shape index (κ1) is 17.6. The molecule has 2 amide bonds. The molecule has 134 valence electrons. The van der Waals surface area contributed by atoms with Crippen molar-refractivity contribution in [1.29, 1.82) is 0 Å². The number of nitrogens with zero attached hydrogens (tertiary/aromatic N) is 1. The fourth-order valence-corrected chi connectivity index (χ4v) is 2.60. The SMILES string of the molecule is CC(NC(=O)c1n[nH]c2ccccc12)C(=O)NCCc1ccc(F)cc1. The summed E-state index contributed by atoms with van der Waals surface area (Å²) in [6.45, 7) is 2.01. The topological polar surface area (TPSA) is 86.9 Å². The first-order valence-electron chi connectivity index (χ1n) is 8.30. The molecule has 1 unspecified atom stereocenters. The predicted octanol–water partition coefficient (Wildman–Crippen LogP) is 2.18. The van der Waals surface area contributed by atoms with E-state index in [-0.39, 0.29) is 17.4 Å². The molecule has 6 nitrogen and oxygen atoms in total. The van der Waals surface area contributed by atoms with Gasteiger partial charge in [0.15, 0.2) is 5.69 Å². The zero-order chi connectivity index (χ0) is 18.5. The molecule has 1 heterocycles. The molecule has 1 atom stereocenters. The molecule has 3 N–H and O–H groups in total. The number of halogens is 1. The van der Waals surface area contributed by atoms with Crippen molar-refractivity contribution in [3.63, 3.8) is 0 Å². The second-order valence-corrected chi connectivity index (χ2v) is 5.98. The van der Waals surface area contributed by atoms with Crippen LogP contribution in [-0.2, 0) is 11.2 Å². The number of fused-ring (bicyclic) bond motifs is 1. The fraction of sp³-hybridized carbons (Fsp3) is 0.211. The number of amides is 2. The maximum Gasteiger partial charge on any atom is 0.273 e. The molecule has 0 aliphatic rings. The molecule has 1 aromatic heterocycles. The fourth-order valence-electron chi connectivity index (χ4n) is 2.60. The lowest BCUT2D eigenvalue weighted by atomic mass is 10.1. The zero-order valence-corrected chi connectivity index (χ0v) is 14.3. The van der Waals surface area contributed by atoms with E-state index in [2.05, 4.69) is 20.8 Å². The van der Waals surface area contributed by atoms with Crippen molar-refractivity contribution >= 4 is 22.7 Å². The van der Waals surface area contributed by atoms with Crippen molar-refractivity contribution in [3.8, 4) is 0 Å². The third-order valence-corrected chi connectivity index (χ3v) is 4.05. The highest BCUT2D eigenvalue weighted by molar-refractivity contribution is 6.05. The molecule has 0 bridgehead atoms. The van der Waals surface area contributed by atoms with Crippen LogP contribution in [0, 0.1) is 5.82 Å². The van der Waals surface area contributed by atoms with Gasteiger partial charge >= 0.3 is 0 Å². The average molecular weight is 354 g/mol. The summed E-state index contributed by atoms with van der Waals surface area (Å²) in [5, 5.41) is 12.9. The van der Waals surface area contributed by atoms with E-state index < -0.39 is 11.9 Å². The normalized spacial score (nSPS) is 11.9. The number of aromatic nitrogens is 2. The maximum atomic E-state index is 12.9. The van der Waals surface area contributed by atoms with E-state index in [9.17, 15) is 14.0 Å². The van der Waals surface area contributed by atoms with Gasteiger partial charge in [0.2, 0.25) is 5.91 Å². The highest BCUT2D eigenvalue weighted by atomic mass is 19.1. The second kappa shape index (κ2) is 7.77. The molecule has 0 spiro atoms. The Morgan fingerprint density at radius 3 is 2.65 bits per heavy atom. The van der Waals surface area contributed by atoms with Crippen LogP contribution >= 0.6 is 0 Å². The number of rotatable bonds is 6. The Morgan fingerprint density at radius 1 is 1.15 bits per heavy atom. The molecule has 3 aromatic rings. The minimum absolute atomic E-state index is 0.256. The summed E-state index contributed by atoms with van der Waals surface area (Å²) >= 11 is 0. The minimum atomic E-state index is -0.703. The summed E-state index contributed by atoms with van der Waals surface area (Å²) in [4.78, 5) is 24.5. The highest BCUT2D eigenvalue weighted by Crippen LogP contribution is 2.14. The Balaban J connectivity index is 1.52. The van der Waals surface area contributed by atoms with E-state index in [1.165, 1.54) is 12.1 Å². The van der Waals surface area contributed by atoms with Gasteiger partial charge in [0.05, 0.1) is 5.52 Å². The number of aromatic amines is 1. The lowest BCUT2D eigenvalue weighted by Crippen LogP contribution is -2.45. The van der Waals surface area contributed by atoms with E-state index in [1.807, 2.05) is 18.2 Å². The quantitative estimate of drug-likeness (QED) is 0.634. The van der Waals surface area contributed by atoms with Gasteiger partial charge in [-0.05, 0) is 37.1 Å². The molecule has 26 heavy (non-hydrogen) atoms. The van der Waals surface area contributed by atoms with Gasteiger partial charge in [0.25, 0.3) is 5.91 Å². The van der Waals surface area contributed by atoms with Gasteiger partial charge in [-0.1, -0.05) is 30.3 Å². The van der Waals surface area contributed by atoms with E-state index in [1.54, 1.807) is 25.1 Å². The van der Waals surface area contributed by atoms with Gasteiger partial charge in [0, 0.05) is 11.9 Å². The monoisotopic (exact) mass is 354 g/mol. The van der Waals surface area contributed by atoms with Crippen molar-refractivity contribution < 1.29 is 14.0 Å². The summed E-state index contributed by atoms with van der Waals surface area (Å²) in [5.41, 5.74) is 1.94. The van der Waals surface area contributed by atoms with Crippen LogP contribution in [0.25, 0.3) is 10.9 Å². The van der Waals surface area contributed by atoms with Crippen molar-refractivity contribution in [2.24, 2.45) is 0 Å². The first-order valence-corrected chi connectivity index (χ1v) is 8.30. The number of nitrogens with one attached hydrogen (secondary N) is 3. The molecule has 0 aliphatic carbocycles. The van der Waals surface area contributed by atoms with Crippen LogP contribution in [0.3, 0.4) is 0 Å². The number of H-pyrrole nitrogens is 1. The van der Waals surface area contributed by atoms with E-state index >= 15 is 0 Å². The molecule has 0 saturated heterocycles. The number of hydrogen-bond acceptors (Lipinski definition) is 3. The molecular weight excluding hydrogens is 335 g/mol. The zero-order valence-electron chi connectivity index (χ0n) is 14.3. The summed E-state index contributed by atoms with van der Waals surface area (Å²) in [7, 11) is 0. The number of carbonyl (C=O) groups excluding carboxylic acids is 2. The van der Waals surface area contributed by atoms with E-state index in [0.717, 1.165) is 11.1 Å². The van der Waals surface area contributed by atoms with Crippen molar-refractivity contribution in [1.82, 2.24) is 20.8 Å². The molecular formula is C19H19FN4O2. The van der Waals surface area contributed by atoms with Crippen LogP contribution in [-0.4, -0.2) is 34.6 Å². The number of benzene rings is 2. The number of hydrogen-bond donors (Lipinski definition) is 3. The molecule has 7 heteroatoms. The summed E-state index contributed by atoms with van der Waals surface area (Å²) < 4.78 is 12.9. The first-order chi connectivity index (χ1) is 12.5. The predicted molar refractivity (Wildman–Crippen MR) is 96.1 cm³/mol. The number of carbonyl (C=O) groups is 2. The Morgan fingerprint density at radius 2 is 1.88 bits per heavy atom. The highest BCUT2D eigenvalue weighted by Gasteiger charge is 2.19. The van der Waals surface area contributed by atoms with Gasteiger partial charge < -0.3 is 10.6 Å². The summed E-state index contributed by atoms with van der Waals surface area (Å²) in [6, 6.07) is 12.7. The average Bonchev–Trinajstić information content (AvgIpc) is 3.07. The second-order valence-electron chi connectivity index (χ2n) is 5.98. The minimum Gasteiger partial charge on any atom is -0.354 e. The standard InChI is InChI=1S/C19H19FN4O2/c1-12(18(25)21-11-10-13-6-8-14(20)9-7-13)22-19(26)17-15-4-2-3-5-16(15)23-24-17/h2-9,12H,10-11H2,1H3,(H,21,25)(H,22,26)(H,23,24). The Bertz CT molecular complexity index is 921. The van der Waals surface area contributed by atoms with Crippen molar-refractivity contribution in [3.05, 3.63) is 65.6 Å². The van der Waals surface area contributed by atoms with E-state index in [0.29, 0.717) is 18.4 Å². The smallest absolute Gasteiger partial charge is 0.273 e. The van der Waals surface area contributed by atoms with Gasteiger partial charge in [-0.15, -0.1) is 0 Å². The van der Waals surface area contributed by atoms with Gasteiger partial charge in [0.1, 0.15) is 11.9 Å². The van der Waals surface area contributed by atoms with Crippen LogP contribution in [0.15, 0.2) is 48.5 Å². The van der Waals surface area contributed by atoms with Crippen molar-refractivity contribution in [2.75, 3.05) is 6.54 Å². The molecule has 0 aliphatic heterocycles. The summed E-state index contributed by atoms with van der Waals surface area (Å²) in [6.07, 6.45) is 0.580. The third kappa shape index (κ3) is 4.05. The Labute approximate surface area is 149 Å². The summed E-state index contributed by atoms with van der Waals surface area (Å²) in [5.74, 6) is -0.996. The molecule has 0 radical (unpaired) electrons. The Kier molecular flexibility index (Phi) is 5.26. The molecule has 0 saturated carbocycles. The Hall–Kier alpha value is -3.22. The van der Waals surface area contributed by atoms with Gasteiger partial charge in [-0.25, -0.2) is 4.39 Å². The lowest BCUT2D eigenvalue weighted by molar-refractivity contribution is -0.122. The lowest BCUT2D eigenvalue weighted by Gasteiger charge is -2.13. The third-order valence-electron chi connectivity index (χ3n) is 4.05. The molecule has 0 fully saturated rings. The van der Waals surface area contributed by atoms with E-state index in [4.69, 9.17) is 0 Å². The number of para-hydroxylation sites is 1. The van der Waals surface area contributed by atoms with Crippen LogP contribution in [0.1, 0.15) is 23.0 Å². The maximum absolute atomic E-state index is 12.9. The van der Waals surface area contributed by atoms with Crippen LogP contribution in [0.5, 0.6) is 0 Å². The molecule has 2 aromatic carbocycles. The van der Waals surface area contributed by atoms with Gasteiger partial charge in [-0.2, -0.15) is 5.10 Å². The van der Waals surface area contributed by atoms with Crippen LogP contribution < -0.4 is 10.6 Å². The van der Waals surface area contributed by atoms with Crippen LogP contribution in [0.2, 0.25) is 0 Å². The van der Waals surface area contributed by atoms with Gasteiger partial charge in [-0.3, -0.25) is 14.7 Å². The molecule has 3 rings (SSSR count). The van der Waals surface area contributed by atoms with Crippen molar-refractivity contribution in [2.45, 2.75) is 19.4 Å². The largest absolute Gasteiger partial charge is 0.354 e.